The van der Waals surface area contributed by atoms with Crippen LogP contribution >= 0.6 is 11.3 Å². The molecule has 0 atom stereocenters. The topological polar surface area (TPSA) is 42.4 Å². The van der Waals surface area contributed by atoms with Crippen LogP contribution in [0.25, 0.3) is 11.3 Å². The Hall–Kier alpha value is -2.66. The van der Waals surface area contributed by atoms with Gasteiger partial charge in [-0.15, -0.1) is 11.3 Å². The molecular weight excluding hydrogens is 368 g/mol. The van der Waals surface area contributed by atoms with Crippen molar-refractivity contribution in [2.24, 2.45) is 0 Å². The average Bonchev–Trinajstić information content (AvgIpc) is 3.04. The number of thiazole rings is 1. The highest BCUT2D eigenvalue weighted by molar-refractivity contribution is 7.12. The zero-order chi connectivity index (χ0) is 20.1. The number of benzene rings is 2. The van der Waals surface area contributed by atoms with Gasteiger partial charge < -0.3 is 9.64 Å². The van der Waals surface area contributed by atoms with Crippen molar-refractivity contribution >= 4 is 17.2 Å². The molecule has 3 aromatic rings. The van der Waals surface area contributed by atoms with E-state index in [4.69, 9.17) is 4.74 Å². The predicted molar refractivity (Wildman–Crippen MR) is 115 cm³/mol. The van der Waals surface area contributed by atoms with Gasteiger partial charge in [-0.3, -0.25) is 4.79 Å². The van der Waals surface area contributed by atoms with E-state index < -0.39 is 0 Å². The van der Waals surface area contributed by atoms with Gasteiger partial charge in [0.2, 0.25) is 5.91 Å². The normalized spacial score (nSPS) is 10.7. The Kier molecular flexibility index (Phi) is 6.47. The standard InChI is InChI=1S/C23H26N2O2S/c1-5-27-20-12-8-18(9-13-20)15-25(4)22(26)14-21-23(24-17(3)28-21)19-10-6-16(2)7-11-19/h6-13H,5,14-15H2,1-4H3. The van der Waals surface area contributed by atoms with Gasteiger partial charge in [0, 0.05) is 24.0 Å². The number of aromatic nitrogens is 1. The summed E-state index contributed by atoms with van der Waals surface area (Å²) in [6, 6.07) is 16.2. The molecule has 28 heavy (non-hydrogen) atoms. The molecule has 0 aliphatic rings. The van der Waals surface area contributed by atoms with Gasteiger partial charge in [0.1, 0.15) is 5.75 Å². The van der Waals surface area contributed by atoms with Crippen molar-refractivity contribution in [2.45, 2.75) is 33.7 Å². The molecule has 0 saturated heterocycles. The lowest BCUT2D eigenvalue weighted by atomic mass is 10.1. The van der Waals surface area contributed by atoms with Gasteiger partial charge in [-0.1, -0.05) is 42.0 Å². The molecule has 146 valence electrons. The van der Waals surface area contributed by atoms with Crippen LogP contribution in [0.1, 0.15) is 27.9 Å². The Morgan fingerprint density at radius 2 is 1.75 bits per heavy atom. The molecule has 0 N–H and O–H groups in total. The molecule has 0 aliphatic carbocycles. The summed E-state index contributed by atoms with van der Waals surface area (Å²) in [4.78, 5) is 20.3. The molecule has 3 rings (SSSR count). The number of amides is 1. The quantitative estimate of drug-likeness (QED) is 0.565. The van der Waals surface area contributed by atoms with Crippen LogP contribution in [0, 0.1) is 13.8 Å². The maximum absolute atomic E-state index is 12.8. The molecule has 2 aromatic carbocycles. The summed E-state index contributed by atoms with van der Waals surface area (Å²) in [5, 5.41) is 0.979. The van der Waals surface area contributed by atoms with Gasteiger partial charge in [-0.25, -0.2) is 4.98 Å². The first kappa shape index (κ1) is 20.1. The number of ether oxygens (including phenoxy) is 1. The van der Waals surface area contributed by atoms with Crippen LogP contribution in [0.2, 0.25) is 0 Å². The van der Waals surface area contributed by atoms with Crippen LogP contribution in [-0.4, -0.2) is 29.4 Å². The smallest absolute Gasteiger partial charge is 0.227 e. The second-order valence-electron chi connectivity index (χ2n) is 6.87. The monoisotopic (exact) mass is 394 g/mol. The van der Waals surface area contributed by atoms with Gasteiger partial charge in [0.25, 0.3) is 0 Å². The Balaban J connectivity index is 1.69. The lowest BCUT2D eigenvalue weighted by Gasteiger charge is -2.17. The Labute approximate surface area is 170 Å². The summed E-state index contributed by atoms with van der Waals surface area (Å²) in [6.45, 7) is 7.24. The highest BCUT2D eigenvalue weighted by Gasteiger charge is 2.17. The van der Waals surface area contributed by atoms with E-state index in [9.17, 15) is 4.79 Å². The summed E-state index contributed by atoms with van der Waals surface area (Å²) in [7, 11) is 1.85. The molecule has 4 nitrogen and oxygen atoms in total. The third-order valence-corrected chi connectivity index (χ3v) is 5.49. The van der Waals surface area contributed by atoms with E-state index in [0.717, 1.165) is 32.5 Å². The number of aryl methyl sites for hydroxylation is 2. The van der Waals surface area contributed by atoms with E-state index in [1.54, 1.807) is 16.2 Å². The van der Waals surface area contributed by atoms with Crippen molar-refractivity contribution in [1.82, 2.24) is 9.88 Å². The second kappa shape index (κ2) is 9.02. The molecule has 0 spiro atoms. The first-order valence-corrected chi connectivity index (χ1v) is 10.3. The Morgan fingerprint density at radius 1 is 1.07 bits per heavy atom. The van der Waals surface area contributed by atoms with E-state index >= 15 is 0 Å². The molecule has 0 unspecified atom stereocenters. The fourth-order valence-electron chi connectivity index (χ4n) is 3.02. The summed E-state index contributed by atoms with van der Waals surface area (Å²) in [5.41, 5.74) is 4.28. The third-order valence-electron chi connectivity index (χ3n) is 4.52. The van der Waals surface area contributed by atoms with Crippen LogP contribution in [-0.2, 0) is 17.8 Å². The fourth-order valence-corrected chi connectivity index (χ4v) is 3.97. The van der Waals surface area contributed by atoms with Crippen LogP contribution in [0.5, 0.6) is 5.75 Å². The van der Waals surface area contributed by atoms with Gasteiger partial charge in [-0.05, 0) is 38.5 Å². The maximum atomic E-state index is 12.8. The maximum Gasteiger partial charge on any atom is 0.227 e. The molecule has 0 fully saturated rings. The largest absolute Gasteiger partial charge is 0.494 e. The number of hydrogen-bond donors (Lipinski definition) is 0. The van der Waals surface area contributed by atoms with Crippen molar-refractivity contribution in [3.8, 4) is 17.0 Å². The second-order valence-corrected chi connectivity index (χ2v) is 8.16. The zero-order valence-corrected chi connectivity index (χ0v) is 17.7. The molecular formula is C23H26N2O2S. The van der Waals surface area contributed by atoms with Gasteiger partial charge in [0.05, 0.1) is 23.7 Å². The highest BCUT2D eigenvalue weighted by atomic mass is 32.1. The molecule has 1 amide bonds. The lowest BCUT2D eigenvalue weighted by molar-refractivity contribution is -0.129. The molecule has 0 bridgehead atoms. The number of carbonyl (C=O) groups is 1. The summed E-state index contributed by atoms with van der Waals surface area (Å²) in [5.74, 6) is 0.939. The third kappa shape index (κ3) is 4.98. The molecule has 0 saturated carbocycles. The van der Waals surface area contributed by atoms with Crippen molar-refractivity contribution in [3.63, 3.8) is 0 Å². The van der Waals surface area contributed by atoms with E-state index in [1.165, 1.54) is 5.56 Å². The number of hydrogen-bond acceptors (Lipinski definition) is 4. The van der Waals surface area contributed by atoms with Crippen molar-refractivity contribution in [2.75, 3.05) is 13.7 Å². The summed E-state index contributed by atoms with van der Waals surface area (Å²) < 4.78 is 5.47. The number of rotatable bonds is 7. The fraction of sp³-hybridized carbons (Fsp3) is 0.304. The molecule has 1 aromatic heterocycles. The van der Waals surface area contributed by atoms with Crippen LogP contribution in [0.4, 0.5) is 0 Å². The van der Waals surface area contributed by atoms with Crippen molar-refractivity contribution < 1.29 is 9.53 Å². The first-order chi connectivity index (χ1) is 13.5. The Bertz CT molecular complexity index is 930. The summed E-state index contributed by atoms with van der Waals surface area (Å²) in [6.07, 6.45) is 0.363. The van der Waals surface area contributed by atoms with E-state index in [1.807, 2.05) is 45.2 Å². The van der Waals surface area contributed by atoms with Gasteiger partial charge in [0.15, 0.2) is 0 Å². The minimum Gasteiger partial charge on any atom is -0.494 e. The first-order valence-electron chi connectivity index (χ1n) is 9.45. The molecule has 5 heteroatoms. The van der Waals surface area contributed by atoms with Crippen molar-refractivity contribution in [3.05, 3.63) is 69.5 Å². The zero-order valence-electron chi connectivity index (χ0n) is 16.9. The van der Waals surface area contributed by atoms with E-state index in [2.05, 4.69) is 36.2 Å². The Morgan fingerprint density at radius 3 is 2.39 bits per heavy atom. The minimum absolute atomic E-state index is 0.0888. The SMILES string of the molecule is CCOc1ccc(CN(C)C(=O)Cc2sc(C)nc2-c2ccc(C)cc2)cc1. The van der Waals surface area contributed by atoms with Crippen LogP contribution in [0.15, 0.2) is 48.5 Å². The lowest BCUT2D eigenvalue weighted by Crippen LogP contribution is -2.27. The number of likely N-dealkylation sites (N-methyl/N-ethyl adjacent to an activating group) is 1. The van der Waals surface area contributed by atoms with Gasteiger partial charge >= 0.3 is 0 Å². The van der Waals surface area contributed by atoms with Crippen LogP contribution in [0.3, 0.4) is 0 Å². The highest BCUT2D eigenvalue weighted by Crippen LogP contribution is 2.29. The molecule has 0 radical (unpaired) electrons. The summed E-state index contributed by atoms with van der Waals surface area (Å²) >= 11 is 1.60. The average molecular weight is 395 g/mol. The molecule has 0 aliphatic heterocycles. The minimum atomic E-state index is 0.0888. The number of nitrogens with zero attached hydrogens (tertiary/aromatic N) is 2. The number of carbonyl (C=O) groups excluding carboxylic acids is 1. The predicted octanol–water partition coefficient (Wildman–Crippen LogP) is 5.03. The van der Waals surface area contributed by atoms with Crippen molar-refractivity contribution in [1.29, 1.82) is 0 Å². The molecule has 1 heterocycles. The van der Waals surface area contributed by atoms with E-state index in [-0.39, 0.29) is 5.91 Å². The van der Waals surface area contributed by atoms with Crippen LogP contribution < -0.4 is 4.74 Å². The van der Waals surface area contributed by atoms with Gasteiger partial charge in [-0.2, -0.15) is 0 Å². The van der Waals surface area contributed by atoms with E-state index in [0.29, 0.717) is 19.6 Å².